The van der Waals surface area contributed by atoms with E-state index >= 15 is 0 Å². The summed E-state index contributed by atoms with van der Waals surface area (Å²) in [4.78, 5) is 23.3. The van der Waals surface area contributed by atoms with E-state index in [1.807, 2.05) is 44.2 Å². The number of amides is 1. The second-order valence-corrected chi connectivity index (χ2v) is 7.41. The van der Waals surface area contributed by atoms with E-state index in [4.69, 9.17) is 5.11 Å². The number of carbonyl (C=O) groups excluding carboxylic acids is 1. The molecular formula is C15H21NO3S. The van der Waals surface area contributed by atoms with Crippen molar-refractivity contribution < 1.29 is 14.7 Å². The lowest BCUT2D eigenvalue weighted by molar-refractivity contribution is -0.139. The number of anilines is 1. The van der Waals surface area contributed by atoms with Crippen molar-refractivity contribution in [2.75, 3.05) is 11.1 Å². The van der Waals surface area contributed by atoms with E-state index < -0.39 is 16.1 Å². The molecule has 5 heteroatoms. The Labute approximate surface area is 124 Å². The van der Waals surface area contributed by atoms with Gasteiger partial charge in [-0.05, 0) is 26.0 Å². The first kappa shape index (κ1) is 16.6. The topological polar surface area (TPSA) is 66.4 Å². The lowest BCUT2D eigenvalue weighted by Crippen LogP contribution is -2.36. The van der Waals surface area contributed by atoms with Crippen molar-refractivity contribution in [3.63, 3.8) is 0 Å². The summed E-state index contributed by atoms with van der Waals surface area (Å²) < 4.78 is -0.899. The Kier molecular flexibility index (Phi) is 5.22. The number of carboxylic acid groups (broad SMARTS) is 1. The summed E-state index contributed by atoms with van der Waals surface area (Å²) in [6.45, 7) is 6.92. The number of carboxylic acids is 1. The van der Waals surface area contributed by atoms with Gasteiger partial charge in [0, 0.05) is 11.4 Å². The number of aliphatic carboxylic acids is 1. The predicted molar refractivity (Wildman–Crippen MR) is 83.0 cm³/mol. The fourth-order valence-corrected chi connectivity index (χ4v) is 2.29. The summed E-state index contributed by atoms with van der Waals surface area (Å²) >= 11 is 1.27. The maximum absolute atomic E-state index is 12.2. The second-order valence-electron chi connectivity index (χ2n) is 5.81. The normalized spacial score (nSPS) is 12.0. The Hall–Kier alpha value is -1.49. The maximum Gasteiger partial charge on any atom is 0.319 e. The Balaban J connectivity index is 2.64. The smallest absolute Gasteiger partial charge is 0.319 e. The van der Waals surface area contributed by atoms with Crippen molar-refractivity contribution >= 4 is 29.3 Å². The third-order valence-electron chi connectivity index (χ3n) is 2.96. The first-order valence-corrected chi connectivity index (χ1v) is 7.37. The van der Waals surface area contributed by atoms with E-state index in [2.05, 4.69) is 5.32 Å². The number of benzene rings is 1. The Morgan fingerprint density at radius 2 is 1.70 bits per heavy atom. The van der Waals surface area contributed by atoms with Crippen molar-refractivity contribution in [1.29, 1.82) is 0 Å². The van der Waals surface area contributed by atoms with Crippen LogP contribution in [0, 0.1) is 5.41 Å². The molecule has 0 aliphatic carbocycles. The summed E-state index contributed by atoms with van der Waals surface area (Å²) in [5, 5.41) is 11.9. The number of carbonyl (C=O) groups is 2. The van der Waals surface area contributed by atoms with Gasteiger partial charge in [0.1, 0.15) is 4.75 Å². The van der Waals surface area contributed by atoms with Crippen LogP contribution in [0.5, 0.6) is 0 Å². The summed E-state index contributed by atoms with van der Waals surface area (Å²) in [5.74, 6) is -0.551. The van der Waals surface area contributed by atoms with Crippen LogP contribution in [0.3, 0.4) is 0 Å². The number of nitrogens with one attached hydrogen (secondary N) is 1. The van der Waals surface area contributed by atoms with Crippen LogP contribution in [0.1, 0.15) is 27.7 Å². The molecule has 0 atom stereocenters. The van der Waals surface area contributed by atoms with E-state index in [1.165, 1.54) is 11.8 Å². The molecule has 0 saturated heterocycles. The second kappa shape index (κ2) is 6.31. The zero-order chi connectivity index (χ0) is 15.4. The zero-order valence-corrected chi connectivity index (χ0v) is 13.1. The van der Waals surface area contributed by atoms with Crippen LogP contribution in [0.25, 0.3) is 0 Å². The molecule has 0 spiro atoms. The minimum absolute atomic E-state index is 0.114. The molecule has 110 valence electrons. The van der Waals surface area contributed by atoms with Crippen LogP contribution in [0.15, 0.2) is 30.3 Å². The third kappa shape index (κ3) is 4.56. The molecule has 0 unspecified atom stereocenters. The highest BCUT2D eigenvalue weighted by Gasteiger charge is 2.34. The van der Waals surface area contributed by atoms with Gasteiger partial charge < -0.3 is 10.4 Å². The number of para-hydroxylation sites is 1. The molecule has 20 heavy (non-hydrogen) atoms. The standard InChI is InChI=1S/C15H21NO3S/c1-14(2,10-20-15(3,4)13(18)19)12(17)16-11-8-6-5-7-9-11/h5-9H,10H2,1-4H3,(H,16,17)(H,18,19). The first-order chi connectivity index (χ1) is 9.15. The van der Waals surface area contributed by atoms with Crippen LogP contribution in [-0.4, -0.2) is 27.5 Å². The SMILES string of the molecule is CC(C)(CSC(C)(C)C(=O)O)C(=O)Nc1ccccc1. The minimum atomic E-state index is -0.899. The molecule has 1 aromatic rings. The van der Waals surface area contributed by atoms with E-state index in [0.29, 0.717) is 5.75 Å². The van der Waals surface area contributed by atoms with Gasteiger partial charge >= 0.3 is 5.97 Å². The van der Waals surface area contributed by atoms with Gasteiger partial charge in [0.05, 0.1) is 5.41 Å². The Bertz CT molecular complexity index is 483. The van der Waals surface area contributed by atoms with Crippen molar-refractivity contribution in [3.8, 4) is 0 Å². The van der Waals surface area contributed by atoms with Crippen molar-refractivity contribution in [1.82, 2.24) is 0 Å². The van der Waals surface area contributed by atoms with Gasteiger partial charge in [-0.1, -0.05) is 32.0 Å². The fourth-order valence-electron chi connectivity index (χ4n) is 1.31. The van der Waals surface area contributed by atoms with Gasteiger partial charge in [0.2, 0.25) is 5.91 Å². The molecule has 0 saturated carbocycles. The lowest BCUT2D eigenvalue weighted by Gasteiger charge is -2.27. The van der Waals surface area contributed by atoms with Crippen molar-refractivity contribution in [3.05, 3.63) is 30.3 Å². The molecule has 0 fully saturated rings. The number of hydrogen-bond acceptors (Lipinski definition) is 3. The molecular weight excluding hydrogens is 274 g/mol. The van der Waals surface area contributed by atoms with E-state index in [1.54, 1.807) is 13.8 Å². The molecule has 0 aliphatic rings. The molecule has 0 aromatic heterocycles. The van der Waals surface area contributed by atoms with Crippen LogP contribution >= 0.6 is 11.8 Å². The van der Waals surface area contributed by atoms with E-state index in [9.17, 15) is 9.59 Å². The molecule has 4 nitrogen and oxygen atoms in total. The summed E-state index contributed by atoms with van der Waals surface area (Å²) in [6.07, 6.45) is 0. The molecule has 0 heterocycles. The summed E-state index contributed by atoms with van der Waals surface area (Å²) in [5.41, 5.74) is 0.0980. The number of hydrogen-bond donors (Lipinski definition) is 2. The monoisotopic (exact) mass is 295 g/mol. The summed E-state index contributed by atoms with van der Waals surface area (Å²) in [7, 11) is 0. The molecule has 1 amide bonds. The van der Waals surface area contributed by atoms with Gasteiger partial charge in [-0.3, -0.25) is 9.59 Å². The lowest BCUT2D eigenvalue weighted by atomic mass is 9.95. The van der Waals surface area contributed by atoms with Gasteiger partial charge in [0.15, 0.2) is 0 Å². The number of thioether (sulfide) groups is 1. The Morgan fingerprint density at radius 3 is 2.20 bits per heavy atom. The highest BCUT2D eigenvalue weighted by molar-refractivity contribution is 8.01. The fraction of sp³-hybridized carbons (Fsp3) is 0.467. The molecule has 1 rings (SSSR count). The first-order valence-electron chi connectivity index (χ1n) is 6.39. The van der Waals surface area contributed by atoms with Crippen LogP contribution in [0.4, 0.5) is 5.69 Å². The maximum atomic E-state index is 12.2. The van der Waals surface area contributed by atoms with Gasteiger partial charge in [-0.25, -0.2) is 0 Å². The molecule has 0 bridgehead atoms. The summed E-state index contributed by atoms with van der Waals surface area (Å²) in [6, 6.07) is 9.23. The van der Waals surface area contributed by atoms with Crippen LogP contribution < -0.4 is 5.32 Å². The van der Waals surface area contributed by atoms with Crippen molar-refractivity contribution in [2.24, 2.45) is 5.41 Å². The van der Waals surface area contributed by atoms with Gasteiger partial charge in [-0.2, -0.15) is 0 Å². The van der Waals surface area contributed by atoms with E-state index in [-0.39, 0.29) is 5.91 Å². The molecule has 0 aliphatic heterocycles. The van der Waals surface area contributed by atoms with Crippen molar-refractivity contribution in [2.45, 2.75) is 32.4 Å². The Morgan fingerprint density at radius 1 is 1.15 bits per heavy atom. The van der Waals surface area contributed by atoms with Gasteiger partial charge in [0.25, 0.3) is 0 Å². The average Bonchev–Trinajstić information content (AvgIpc) is 2.37. The number of rotatable bonds is 6. The molecule has 2 N–H and O–H groups in total. The highest BCUT2D eigenvalue weighted by atomic mass is 32.2. The van der Waals surface area contributed by atoms with Gasteiger partial charge in [-0.15, -0.1) is 11.8 Å². The largest absolute Gasteiger partial charge is 0.480 e. The van der Waals surface area contributed by atoms with Crippen LogP contribution in [-0.2, 0) is 9.59 Å². The average molecular weight is 295 g/mol. The molecule has 0 radical (unpaired) electrons. The predicted octanol–water partition coefficient (Wildman–Crippen LogP) is 3.25. The minimum Gasteiger partial charge on any atom is -0.480 e. The highest BCUT2D eigenvalue weighted by Crippen LogP contribution is 2.32. The quantitative estimate of drug-likeness (QED) is 0.845. The third-order valence-corrected chi connectivity index (χ3v) is 4.72. The molecule has 1 aromatic carbocycles. The zero-order valence-electron chi connectivity index (χ0n) is 12.3. The van der Waals surface area contributed by atoms with Crippen LogP contribution in [0.2, 0.25) is 0 Å². The van der Waals surface area contributed by atoms with E-state index in [0.717, 1.165) is 5.69 Å².